The van der Waals surface area contributed by atoms with Crippen molar-refractivity contribution < 1.29 is 26.6 Å². The molecule has 2 rings (SSSR count). The maximum Gasteiger partial charge on any atom is 0.266 e. The number of halogens is 1. The number of thioether (sulfide) groups is 1. The molecular formula is C15H17BrN3O2S-. The van der Waals surface area contributed by atoms with Gasteiger partial charge < -0.3 is 22.3 Å². The van der Waals surface area contributed by atoms with Crippen molar-refractivity contribution in [3.63, 3.8) is 0 Å². The molecule has 1 N–H and O–H groups in total. The maximum atomic E-state index is 12.2. The lowest BCUT2D eigenvalue weighted by atomic mass is 10.3. The second-order valence-corrected chi connectivity index (χ2v) is 5.28. The van der Waals surface area contributed by atoms with E-state index in [1.165, 1.54) is 17.8 Å². The number of anilines is 1. The Morgan fingerprint density at radius 2 is 2.00 bits per heavy atom. The number of para-hydroxylation sites is 1. The summed E-state index contributed by atoms with van der Waals surface area (Å²) in [5.74, 6) is -0.483. The van der Waals surface area contributed by atoms with Crippen molar-refractivity contribution in [2.45, 2.75) is 13.8 Å². The summed E-state index contributed by atoms with van der Waals surface area (Å²) in [5.41, 5.74) is 0.699. The molecule has 118 valence electrons. The van der Waals surface area contributed by atoms with Crippen LogP contribution < -0.4 is 22.3 Å². The zero-order valence-corrected chi connectivity index (χ0v) is 14.8. The van der Waals surface area contributed by atoms with Crippen molar-refractivity contribution in [1.29, 1.82) is 0 Å². The molecule has 0 unspecified atom stereocenters. The van der Waals surface area contributed by atoms with E-state index in [9.17, 15) is 9.59 Å². The summed E-state index contributed by atoms with van der Waals surface area (Å²) in [6.45, 7) is 4.95. The molecule has 0 aliphatic carbocycles. The molecule has 0 aromatic heterocycles. The zero-order chi connectivity index (χ0) is 15.2. The molecule has 7 heteroatoms. The number of hydrogen-bond acceptors (Lipinski definition) is 4. The molecule has 0 radical (unpaired) electrons. The van der Waals surface area contributed by atoms with Gasteiger partial charge in [0.25, 0.3) is 5.91 Å². The highest BCUT2D eigenvalue weighted by Gasteiger charge is 2.32. The Hall–Kier alpha value is -1.60. The fraction of sp³-hybridized carbons (Fsp3) is 0.267. The molecule has 0 bridgehead atoms. The third kappa shape index (κ3) is 4.45. The molecule has 1 aliphatic rings. The van der Waals surface area contributed by atoms with Crippen molar-refractivity contribution in [2.24, 2.45) is 4.99 Å². The molecule has 22 heavy (non-hydrogen) atoms. The van der Waals surface area contributed by atoms with E-state index < -0.39 is 0 Å². The van der Waals surface area contributed by atoms with Crippen LogP contribution in [0.25, 0.3) is 0 Å². The van der Waals surface area contributed by atoms with Gasteiger partial charge in [0.15, 0.2) is 5.17 Å². The monoisotopic (exact) mass is 382 g/mol. The van der Waals surface area contributed by atoms with Crippen LogP contribution in [0.2, 0.25) is 0 Å². The molecule has 1 heterocycles. The maximum absolute atomic E-state index is 12.2. The molecule has 1 saturated heterocycles. The Balaban J connectivity index is 0.00000242. The van der Waals surface area contributed by atoms with E-state index in [0.717, 1.165) is 0 Å². The summed E-state index contributed by atoms with van der Waals surface area (Å²) in [7, 11) is 0. The van der Waals surface area contributed by atoms with Gasteiger partial charge in [-0.25, -0.2) is 0 Å². The standard InChI is InChI=1S/C15H17N3O2S.BrH/c1-3-16-15-18(4-2)14(20)12(21-15)10-13(19)17-11-8-6-5-7-9-11;/h5-10H,3-4H2,1-2H3,(H,17,19);1H/p-1/b12-10-,16-15?;. The minimum absolute atomic E-state index is 0. The van der Waals surface area contributed by atoms with Gasteiger partial charge in [0, 0.05) is 24.9 Å². The summed E-state index contributed by atoms with van der Waals surface area (Å²) in [4.78, 5) is 30.4. The van der Waals surface area contributed by atoms with Crippen molar-refractivity contribution in [2.75, 3.05) is 18.4 Å². The highest BCUT2D eigenvalue weighted by atomic mass is 79.9. The first kappa shape index (κ1) is 18.4. The number of carbonyl (C=O) groups excluding carboxylic acids is 2. The van der Waals surface area contributed by atoms with Gasteiger partial charge in [-0.2, -0.15) is 0 Å². The van der Waals surface area contributed by atoms with Crippen LogP contribution in [0.5, 0.6) is 0 Å². The fourth-order valence-electron chi connectivity index (χ4n) is 1.86. The molecule has 0 saturated carbocycles. The van der Waals surface area contributed by atoms with E-state index in [0.29, 0.717) is 28.8 Å². The number of amides is 2. The molecule has 5 nitrogen and oxygen atoms in total. The lowest BCUT2D eigenvalue weighted by Gasteiger charge is -2.11. The van der Waals surface area contributed by atoms with E-state index >= 15 is 0 Å². The Morgan fingerprint density at radius 3 is 2.59 bits per heavy atom. The third-order valence-corrected chi connectivity index (χ3v) is 3.85. The van der Waals surface area contributed by atoms with Gasteiger partial charge in [-0.1, -0.05) is 18.2 Å². The molecule has 1 aromatic carbocycles. The van der Waals surface area contributed by atoms with Crippen molar-refractivity contribution in [3.05, 3.63) is 41.3 Å². The number of aliphatic imine (C=N–C) groups is 1. The van der Waals surface area contributed by atoms with E-state index in [-0.39, 0.29) is 28.8 Å². The number of nitrogens with one attached hydrogen (secondary N) is 1. The minimum Gasteiger partial charge on any atom is -1.00 e. The van der Waals surface area contributed by atoms with Crippen molar-refractivity contribution in [3.8, 4) is 0 Å². The Labute approximate surface area is 144 Å². The van der Waals surface area contributed by atoms with E-state index in [4.69, 9.17) is 0 Å². The lowest BCUT2D eigenvalue weighted by molar-refractivity contribution is -0.122. The molecule has 1 aromatic rings. The second kappa shape index (κ2) is 8.75. The third-order valence-electron chi connectivity index (χ3n) is 2.80. The quantitative estimate of drug-likeness (QED) is 0.713. The number of benzene rings is 1. The highest BCUT2D eigenvalue weighted by Crippen LogP contribution is 2.30. The van der Waals surface area contributed by atoms with Crippen LogP contribution in [0, 0.1) is 0 Å². The molecule has 0 atom stereocenters. The Morgan fingerprint density at radius 1 is 1.32 bits per heavy atom. The molecule has 2 amide bonds. The average molecular weight is 383 g/mol. The number of carbonyl (C=O) groups is 2. The molecule has 0 spiro atoms. The van der Waals surface area contributed by atoms with Crippen LogP contribution in [0.1, 0.15) is 13.8 Å². The van der Waals surface area contributed by atoms with E-state index in [1.54, 1.807) is 17.0 Å². The first-order valence-corrected chi connectivity index (χ1v) is 7.59. The smallest absolute Gasteiger partial charge is 0.266 e. The van der Waals surface area contributed by atoms with Crippen LogP contribution >= 0.6 is 11.8 Å². The molecule has 1 fully saturated rings. The van der Waals surface area contributed by atoms with Crippen molar-refractivity contribution in [1.82, 2.24) is 4.90 Å². The van der Waals surface area contributed by atoms with Crippen LogP contribution in [0.3, 0.4) is 0 Å². The van der Waals surface area contributed by atoms with Gasteiger partial charge >= 0.3 is 0 Å². The predicted molar refractivity (Wildman–Crippen MR) is 86.1 cm³/mol. The van der Waals surface area contributed by atoms with Gasteiger partial charge in [0.1, 0.15) is 0 Å². The Bertz CT molecular complexity index is 602. The van der Waals surface area contributed by atoms with Gasteiger partial charge in [-0.15, -0.1) is 0 Å². The SMILES string of the molecule is CCN=C1S/C(=C\C(=O)Nc2ccccc2)C(=O)N1CC.[Br-]. The average Bonchev–Trinajstić information content (AvgIpc) is 2.76. The van der Waals surface area contributed by atoms with Crippen LogP contribution in [-0.2, 0) is 9.59 Å². The normalized spacial score (nSPS) is 17.7. The summed E-state index contributed by atoms with van der Waals surface area (Å²) >= 11 is 1.24. The summed E-state index contributed by atoms with van der Waals surface area (Å²) in [5, 5.41) is 3.39. The fourth-order valence-corrected chi connectivity index (χ4v) is 2.93. The lowest BCUT2D eigenvalue weighted by Crippen LogP contribution is -3.00. The summed E-state index contributed by atoms with van der Waals surface area (Å²) in [6, 6.07) is 9.13. The number of likely N-dealkylation sites (N-methyl/N-ethyl adjacent to an activating group) is 1. The predicted octanol–water partition coefficient (Wildman–Crippen LogP) is -0.516. The van der Waals surface area contributed by atoms with Crippen LogP contribution in [0.4, 0.5) is 5.69 Å². The van der Waals surface area contributed by atoms with E-state index in [1.807, 2.05) is 32.0 Å². The minimum atomic E-state index is -0.314. The number of amidine groups is 1. The first-order valence-electron chi connectivity index (χ1n) is 6.77. The number of rotatable bonds is 4. The van der Waals surface area contributed by atoms with Gasteiger partial charge in [-0.3, -0.25) is 19.5 Å². The second-order valence-electron chi connectivity index (χ2n) is 4.27. The van der Waals surface area contributed by atoms with Gasteiger partial charge in [-0.05, 0) is 37.7 Å². The molecule has 1 aliphatic heterocycles. The molecular weight excluding hydrogens is 366 g/mol. The van der Waals surface area contributed by atoms with Crippen LogP contribution in [-0.4, -0.2) is 35.0 Å². The first-order chi connectivity index (χ1) is 10.2. The van der Waals surface area contributed by atoms with E-state index in [2.05, 4.69) is 10.3 Å². The highest BCUT2D eigenvalue weighted by molar-refractivity contribution is 8.18. The topological polar surface area (TPSA) is 61.8 Å². The number of nitrogens with zero attached hydrogens (tertiary/aromatic N) is 2. The van der Waals surface area contributed by atoms with Crippen LogP contribution in [0.15, 0.2) is 46.3 Å². The zero-order valence-electron chi connectivity index (χ0n) is 12.4. The van der Waals surface area contributed by atoms with Gasteiger partial charge in [0.2, 0.25) is 5.91 Å². The van der Waals surface area contributed by atoms with Crippen molar-refractivity contribution >= 4 is 34.4 Å². The summed E-state index contributed by atoms with van der Waals surface area (Å²) in [6.07, 6.45) is 1.33. The number of hydrogen-bond donors (Lipinski definition) is 1. The van der Waals surface area contributed by atoms with Gasteiger partial charge in [0.05, 0.1) is 4.91 Å². The Kier molecular flexibility index (Phi) is 7.34. The summed E-state index contributed by atoms with van der Waals surface area (Å²) < 4.78 is 0. The largest absolute Gasteiger partial charge is 1.00 e.